The van der Waals surface area contributed by atoms with Crippen LogP contribution in [0.5, 0.6) is 11.5 Å². The van der Waals surface area contributed by atoms with Crippen molar-refractivity contribution in [1.82, 2.24) is 0 Å². The first-order valence-corrected chi connectivity index (χ1v) is 5.56. The van der Waals surface area contributed by atoms with Gasteiger partial charge in [0.25, 0.3) is 0 Å². The van der Waals surface area contributed by atoms with E-state index in [9.17, 15) is 15.5 Å². The molecule has 0 unspecified atom stereocenters. The van der Waals surface area contributed by atoms with Gasteiger partial charge >= 0.3 is 0 Å². The fraction of sp³-hybridized carbons (Fsp3) is 0.133. The van der Waals surface area contributed by atoms with Crippen molar-refractivity contribution in [3.05, 3.63) is 59.7 Å². The number of rotatable bonds is 2. The van der Waals surface area contributed by atoms with E-state index in [1.54, 1.807) is 48.5 Å². The van der Waals surface area contributed by atoms with E-state index < -0.39 is 5.41 Å². The largest absolute Gasteiger partial charge is 0.508 e. The molecule has 0 aliphatic rings. The Bertz CT molecular complexity index is 534. The van der Waals surface area contributed by atoms with E-state index in [4.69, 9.17) is 0 Å². The van der Waals surface area contributed by atoms with Gasteiger partial charge in [-0.25, -0.2) is 0 Å². The highest BCUT2D eigenvalue weighted by atomic mass is 16.3. The third kappa shape index (κ3) is 2.01. The van der Waals surface area contributed by atoms with Crippen LogP contribution < -0.4 is 0 Å². The van der Waals surface area contributed by atoms with Crippen molar-refractivity contribution in [2.45, 2.75) is 12.3 Å². The lowest BCUT2D eigenvalue weighted by atomic mass is 9.77. The van der Waals surface area contributed by atoms with Crippen molar-refractivity contribution in [2.24, 2.45) is 0 Å². The number of phenols is 2. The summed E-state index contributed by atoms with van der Waals surface area (Å²) in [6, 6.07) is 15.4. The summed E-state index contributed by atoms with van der Waals surface area (Å²) in [7, 11) is 0. The number of aromatic hydroxyl groups is 2. The first kappa shape index (κ1) is 12.0. The van der Waals surface area contributed by atoms with Gasteiger partial charge in [-0.2, -0.15) is 5.26 Å². The Hall–Kier alpha value is -2.47. The van der Waals surface area contributed by atoms with Crippen molar-refractivity contribution >= 4 is 0 Å². The lowest BCUT2D eigenvalue weighted by molar-refractivity contribution is 0.474. The zero-order valence-corrected chi connectivity index (χ0v) is 9.96. The summed E-state index contributed by atoms with van der Waals surface area (Å²) in [5.74, 6) is 0.342. The standard InChI is InChI=1S/C15H13NO2/c1-15(10-16,11-2-6-13(17)7-3-11)12-4-8-14(18)9-5-12/h2-9,17-18H,1H3. The molecule has 0 saturated carbocycles. The highest BCUT2D eigenvalue weighted by Gasteiger charge is 2.28. The lowest BCUT2D eigenvalue weighted by Gasteiger charge is -2.22. The molecule has 0 aliphatic heterocycles. The molecule has 0 spiro atoms. The molecule has 2 aromatic carbocycles. The van der Waals surface area contributed by atoms with E-state index in [0.29, 0.717) is 0 Å². The number of benzene rings is 2. The second kappa shape index (κ2) is 4.42. The molecule has 0 radical (unpaired) electrons. The zero-order valence-electron chi connectivity index (χ0n) is 9.96. The fourth-order valence-electron chi connectivity index (χ4n) is 1.89. The Morgan fingerprint density at radius 3 is 1.44 bits per heavy atom. The molecule has 2 rings (SSSR count). The van der Waals surface area contributed by atoms with Crippen LogP contribution in [0.25, 0.3) is 0 Å². The minimum Gasteiger partial charge on any atom is -0.508 e. The summed E-state index contributed by atoms with van der Waals surface area (Å²) in [5.41, 5.74) is 0.795. The van der Waals surface area contributed by atoms with Crippen LogP contribution >= 0.6 is 0 Å². The molecular formula is C15H13NO2. The molecule has 0 saturated heterocycles. The van der Waals surface area contributed by atoms with Crippen LogP contribution in [0.4, 0.5) is 0 Å². The van der Waals surface area contributed by atoms with Gasteiger partial charge in [0.2, 0.25) is 0 Å². The summed E-state index contributed by atoms with van der Waals surface area (Å²) >= 11 is 0. The topological polar surface area (TPSA) is 64.2 Å². The summed E-state index contributed by atoms with van der Waals surface area (Å²) < 4.78 is 0. The maximum atomic E-state index is 9.46. The number of phenolic OH excluding ortho intramolecular Hbond substituents is 2. The van der Waals surface area contributed by atoms with Gasteiger partial charge in [0.05, 0.1) is 6.07 Å². The molecule has 0 bridgehead atoms. The summed E-state index contributed by atoms with van der Waals surface area (Å²) in [6.07, 6.45) is 0. The monoisotopic (exact) mass is 239 g/mol. The number of nitrogens with zero attached hydrogens (tertiary/aromatic N) is 1. The molecule has 2 aromatic rings. The zero-order chi connectivity index (χ0) is 13.2. The molecule has 0 aliphatic carbocycles. The Morgan fingerprint density at radius 2 is 1.17 bits per heavy atom. The first-order valence-electron chi connectivity index (χ1n) is 5.56. The predicted octanol–water partition coefficient (Wildman–Crippen LogP) is 2.93. The van der Waals surface area contributed by atoms with Crippen molar-refractivity contribution in [1.29, 1.82) is 5.26 Å². The Balaban J connectivity index is 2.52. The number of hydrogen-bond donors (Lipinski definition) is 2. The smallest absolute Gasteiger partial charge is 0.115 e. The van der Waals surface area contributed by atoms with E-state index in [-0.39, 0.29) is 11.5 Å². The highest BCUT2D eigenvalue weighted by Crippen LogP contribution is 2.32. The molecule has 0 amide bonds. The summed E-state index contributed by atoms with van der Waals surface area (Å²) in [4.78, 5) is 0. The average Bonchev–Trinajstić information content (AvgIpc) is 2.39. The SMILES string of the molecule is CC(C#N)(c1ccc(O)cc1)c1ccc(O)cc1. The quantitative estimate of drug-likeness (QED) is 0.846. The van der Waals surface area contributed by atoms with Gasteiger partial charge in [-0.3, -0.25) is 0 Å². The van der Waals surface area contributed by atoms with Gasteiger partial charge in [-0.05, 0) is 42.3 Å². The normalized spacial score (nSPS) is 10.9. The number of hydrogen-bond acceptors (Lipinski definition) is 3. The molecule has 0 fully saturated rings. The van der Waals surface area contributed by atoms with Gasteiger partial charge in [0.1, 0.15) is 16.9 Å². The summed E-state index contributed by atoms with van der Waals surface area (Å²) in [5, 5.41) is 28.0. The summed E-state index contributed by atoms with van der Waals surface area (Å²) in [6.45, 7) is 1.81. The van der Waals surface area contributed by atoms with Crippen LogP contribution in [-0.4, -0.2) is 10.2 Å². The fourth-order valence-corrected chi connectivity index (χ4v) is 1.89. The first-order chi connectivity index (χ1) is 8.56. The average molecular weight is 239 g/mol. The third-order valence-electron chi connectivity index (χ3n) is 3.11. The molecule has 90 valence electrons. The van der Waals surface area contributed by atoms with E-state index in [1.807, 2.05) is 6.92 Å². The third-order valence-corrected chi connectivity index (χ3v) is 3.11. The van der Waals surface area contributed by atoms with E-state index >= 15 is 0 Å². The maximum absolute atomic E-state index is 9.46. The van der Waals surface area contributed by atoms with Gasteiger partial charge in [-0.1, -0.05) is 24.3 Å². The van der Waals surface area contributed by atoms with Crippen LogP contribution in [-0.2, 0) is 5.41 Å². The van der Waals surface area contributed by atoms with E-state index in [0.717, 1.165) is 11.1 Å². The van der Waals surface area contributed by atoms with Crippen LogP contribution in [0.15, 0.2) is 48.5 Å². The van der Waals surface area contributed by atoms with Gasteiger partial charge < -0.3 is 10.2 Å². The molecule has 3 heteroatoms. The Labute approximate surface area is 106 Å². The van der Waals surface area contributed by atoms with Gasteiger partial charge in [-0.15, -0.1) is 0 Å². The minimum atomic E-state index is -0.804. The number of nitriles is 1. The van der Waals surface area contributed by atoms with Gasteiger partial charge in [0.15, 0.2) is 0 Å². The molecule has 3 nitrogen and oxygen atoms in total. The second-order valence-corrected chi connectivity index (χ2v) is 4.33. The van der Waals surface area contributed by atoms with Gasteiger partial charge in [0, 0.05) is 0 Å². The van der Waals surface area contributed by atoms with E-state index in [2.05, 4.69) is 6.07 Å². The van der Waals surface area contributed by atoms with Crippen molar-refractivity contribution in [2.75, 3.05) is 0 Å². The van der Waals surface area contributed by atoms with Crippen molar-refractivity contribution in [3.63, 3.8) is 0 Å². The molecule has 0 heterocycles. The predicted molar refractivity (Wildman–Crippen MR) is 68.3 cm³/mol. The van der Waals surface area contributed by atoms with E-state index in [1.165, 1.54) is 0 Å². The Morgan fingerprint density at radius 1 is 0.833 bits per heavy atom. The molecule has 0 aromatic heterocycles. The van der Waals surface area contributed by atoms with Crippen LogP contribution in [0.2, 0.25) is 0 Å². The minimum absolute atomic E-state index is 0.171. The molecular weight excluding hydrogens is 226 g/mol. The lowest BCUT2D eigenvalue weighted by Crippen LogP contribution is -2.20. The Kier molecular flexibility index (Phi) is 2.95. The van der Waals surface area contributed by atoms with Crippen molar-refractivity contribution < 1.29 is 10.2 Å². The van der Waals surface area contributed by atoms with Crippen molar-refractivity contribution in [3.8, 4) is 17.6 Å². The molecule has 18 heavy (non-hydrogen) atoms. The van der Waals surface area contributed by atoms with Crippen LogP contribution in [0, 0.1) is 11.3 Å². The molecule has 0 atom stereocenters. The van der Waals surface area contributed by atoms with Crippen LogP contribution in [0.1, 0.15) is 18.1 Å². The molecule has 2 N–H and O–H groups in total. The maximum Gasteiger partial charge on any atom is 0.115 e. The highest BCUT2D eigenvalue weighted by molar-refractivity contribution is 5.47. The van der Waals surface area contributed by atoms with Crippen LogP contribution in [0.3, 0.4) is 0 Å². The second-order valence-electron chi connectivity index (χ2n) is 4.33.